The number of anilines is 1. The standard InChI is InChI=1S/C15H18N2O2S/c1-12(14-5-3-2-4-6-14)17-15-9-7-13(8-10-15)11-20(16,18)19/h2-10,12,17H,11H2,1H3,(H2,16,18,19). The predicted molar refractivity (Wildman–Crippen MR) is 81.7 cm³/mol. The summed E-state index contributed by atoms with van der Waals surface area (Å²) in [5.41, 5.74) is 2.83. The predicted octanol–water partition coefficient (Wildman–Crippen LogP) is 2.65. The van der Waals surface area contributed by atoms with Crippen molar-refractivity contribution in [3.05, 3.63) is 65.7 Å². The average Bonchev–Trinajstić information content (AvgIpc) is 2.40. The van der Waals surface area contributed by atoms with Crippen LogP contribution in [0.1, 0.15) is 24.1 Å². The average molecular weight is 290 g/mol. The first-order chi connectivity index (χ1) is 9.44. The monoisotopic (exact) mass is 290 g/mol. The molecule has 0 aliphatic rings. The van der Waals surface area contributed by atoms with Gasteiger partial charge in [0.1, 0.15) is 0 Å². The molecule has 0 aliphatic heterocycles. The van der Waals surface area contributed by atoms with Crippen LogP contribution in [0.25, 0.3) is 0 Å². The highest BCUT2D eigenvalue weighted by molar-refractivity contribution is 7.88. The van der Waals surface area contributed by atoms with Crippen molar-refractivity contribution < 1.29 is 8.42 Å². The summed E-state index contributed by atoms with van der Waals surface area (Å²) >= 11 is 0. The Morgan fingerprint density at radius 2 is 1.65 bits per heavy atom. The van der Waals surface area contributed by atoms with Crippen molar-refractivity contribution in [2.45, 2.75) is 18.7 Å². The summed E-state index contributed by atoms with van der Waals surface area (Å²) in [4.78, 5) is 0. The number of rotatable bonds is 5. The summed E-state index contributed by atoms with van der Waals surface area (Å²) < 4.78 is 22.0. The van der Waals surface area contributed by atoms with Crippen molar-refractivity contribution in [1.29, 1.82) is 0 Å². The molecule has 0 spiro atoms. The fourth-order valence-corrected chi connectivity index (χ4v) is 2.66. The fraction of sp³-hybridized carbons (Fsp3) is 0.200. The lowest BCUT2D eigenvalue weighted by molar-refractivity contribution is 0.597. The van der Waals surface area contributed by atoms with E-state index in [9.17, 15) is 8.42 Å². The molecule has 0 radical (unpaired) electrons. The summed E-state index contributed by atoms with van der Waals surface area (Å²) in [7, 11) is -3.48. The molecule has 0 saturated carbocycles. The van der Waals surface area contributed by atoms with Crippen molar-refractivity contribution in [3.8, 4) is 0 Å². The minimum absolute atomic E-state index is 0.137. The van der Waals surface area contributed by atoms with E-state index in [0.29, 0.717) is 5.56 Å². The maximum absolute atomic E-state index is 11.0. The van der Waals surface area contributed by atoms with Gasteiger partial charge in [0, 0.05) is 11.7 Å². The Morgan fingerprint density at radius 3 is 2.20 bits per heavy atom. The molecule has 0 aliphatic carbocycles. The lowest BCUT2D eigenvalue weighted by atomic mass is 10.1. The zero-order chi connectivity index (χ0) is 14.6. The molecule has 0 fully saturated rings. The molecule has 3 N–H and O–H groups in total. The number of hydrogen-bond acceptors (Lipinski definition) is 3. The Bertz CT molecular complexity index is 652. The normalized spacial score (nSPS) is 12.9. The van der Waals surface area contributed by atoms with Gasteiger partial charge in [-0.05, 0) is 30.2 Å². The van der Waals surface area contributed by atoms with E-state index < -0.39 is 10.0 Å². The Labute approximate surface area is 119 Å². The van der Waals surface area contributed by atoms with Crippen LogP contribution in [0.4, 0.5) is 5.69 Å². The molecular formula is C15H18N2O2S. The third-order valence-corrected chi connectivity index (χ3v) is 3.74. The Kier molecular flexibility index (Phi) is 4.42. The molecule has 106 valence electrons. The van der Waals surface area contributed by atoms with Gasteiger partial charge >= 0.3 is 0 Å². The number of nitrogens with two attached hydrogens (primary N) is 1. The van der Waals surface area contributed by atoms with Crippen molar-refractivity contribution in [3.63, 3.8) is 0 Å². The van der Waals surface area contributed by atoms with Crippen LogP contribution in [0.3, 0.4) is 0 Å². The second kappa shape index (κ2) is 6.07. The highest BCUT2D eigenvalue weighted by atomic mass is 32.2. The van der Waals surface area contributed by atoms with Gasteiger partial charge in [-0.2, -0.15) is 0 Å². The van der Waals surface area contributed by atoms with Crippen molar-refractivity contribution in [2.75, 3.05) is 5.32 Å². The van der Waals surface area contributed by atoms with E-state index in [2.05, 4.69) is 24.4 Å². The van der Waals surface area contributed by atoms with Crippen LogP contribution in [0.2, 0.25) is 0 Å². The molecule has 2 rings (SSSR count). The van der Waals surface area contributed by atoms with Crippen molar-refractivity contribution >= 4 is 15.7 Å². The SMILES string of the molecule is CC(Nc1ccc(CS(N)(=O)=O)cc1)c1ccccc1. The number of sulfonamides is 1. The molecule has 0 saturated heterocycles. The van der Waals surface area contributed by atoms with Gasteiger partial charge < -0.3 is 5.32 Å². The van der Waals surface area contributed by atoms with E-state index in [0.717, 1.165) is 5.69 Å². The highest BCUT2D eigenvalue weighted by Gasteiger charge is 2.06. The zero-order valence-corrected chi connectivity index (χ0v) is 12.1. The van der Waals surface area contributed by atoms with E-state index in [-0.39, 0.29) is 11.8 Å². The van der Waals surface area contributed by atoms with Gasteiger partial charge in [0.25, 0.3) is 0 Å². The molecule has 20 heavy (non-hydrogen) atoms. The highest BCUT2D eigenvalue weighted by Crippen LogP contribution is 2.19. The summed E-state index contributed by atoms with van der Waals surface area (Å²) in [6.07, 6.45) is 0. The van der Waals surface area contributed by atoms with Crippen molar-refractivity contribution in [2.24, 2.45) is 5.14 Å². The van der Waals surface area contributed by atoms with Crippen LogP contribution in [-0.4, -0.2) is 8.42 Å². The van der Waals surface area contributed by atoms with E-state index in [1.54, 1.807) is 12.1 Å². The van der Waals surface area contributed by atoms with Gasteiger partial charge in [-0.25, -0.2) is 13.6 Å². The van der Waals surface area contributed by atoms with E-state index in [4.69, 9.17) is 5.14 Å². The van der Waals surface area contributed by atoms with Gasteiger partial charge in [-0.15, -0.1) is 0 Å². The van der Waals surface area contributed by atoms with Crippen molar-refractivity contribution in [1.82, 2.24) is 0 Å². The Hall–Kier alpha value is -1.85. The smallest absolute Gasteiger partial charge is 0.213 e. The molecule has 2 aromatic carbocycles. The maximum atomic E-state index is 11.0. The summed E-state index contributed by atoms with van der Waals surface area (Å²) in [6.45, 7) is 2.08. The molecule has 0 aromatic heterocycles. The molecule has 0 heterocycles. The molecule has 1 atom stereocenters. The van der Waals surface area contributed by atoms with Crippen LogP contribution in [0, 0.1) is 0 Å². The van der Waals surface area contributed by atoms with Crippen LogP contribution >= 0.6 is 0 Å². The zero-order valence-electron chi connectivity index (χ0n) is 11.3. The van der Waals surface area contributed by atoms with E-state index in [1.807, 2.05) is 30.3 Å². The number of nitrogens with one attached hydrogen (secondary N) is 1. The number of primary sulfonamides is 1. The molecule has 4 nitrogen and oxygen atoms in total. The second-order valence-electron chi connectivity index (χ2n) is 4.78. The number of hydrogen-bond donors (Lipinski definition) is 2. The topological polar surface area (TPSA) is 72.2 Å². The third-order valence-electron chi connectivity index (χ3n) is 3.00. The summed E-state index contributed by atoms with van der Waals surface area (Å²) in [5.74, 6) is -0.137. The first-order valence-electron chi connectivity index (χ1n) is 6.35. The van der Waals surface area contributed by atoms with Gasteiger partial charge in [0.2, 0.25) is 10.0 Å². The molecular weight excluding hydrogens is 272 g/mol. The van der Waals surface area contributed by atoms with Gasteiger partial charge in [-0.1, -0.05) is 42.5 Å². The minimum Gasteiger partial charge on any atom is -0.379 e. The molecule has 0 bridgehead atoms. The molecule has 1 unspecified atom stereocenters. The minimum atomic E-state index is -3.48. The fourth-order valence-electron chi connectivity index (χ4n) is 2.00. The van der Waals surface area contributed by atoms with Crippen LogP contribution in [-0.2, 0) is 15.8 Å². The molecule has 2 aromatic rings. The first kappa shape index (κ1) is 14.6. The maximum Gasteiger partial charge on any atom is 0.213 e. The number of benzene rings is 2. The quantitative estimate of drug-likeness (QED) is 0.889. The Morgan fingerprint density at radius 1 is 1.05 bits per heavy atom. The van der Waals surface area contributed by atoms with E-state index >= 15 is 0 Å². The largest absolute Gasteiger partial charge is 0.379 e. The van der Waals surface area contributed by atoms with Crippen LogP contribution in [0.15, 0.2) is 54.6 Å². The molecule has 5 heteroatoms. The first-order valence-corrected chi connectivity index (χ1v) is 8.06. The lowest BCUT2D eigenvalue weighted by Crippen LogP contribution is -2.14. The summed E-state index contributed by atoms with van der Waals surface area (Å²) in [6, 6.07) is 17.6. The third kappa shape index (κ3) is 4.36. The lowest BCUT2D eigenvalue weighted by Gasteiger charge is -2.15. The van der Waals surface area contributed by atoms with Gasteiger partial charge in [-0.3, -0.25) is 0 Å². The van der Waals surface area contributed by atoms with E-state index in [1.165, 1.54) is 5.56 Å². The van der Waals surface area contributed by atoms with Crippen LogP contribution in [0.5, 0.6) is 0 Å². The van der Waals surface area contributed by atoms with Crippen LogP contribution < -0.4 is 10.5 Å². The molecule has 0 amide bonds. The van der Waals surface area contributed by atoms with Gasteiger partial charge in [0.15, 0.2) is 0 Å². The van der Waals surface area contributed by atoms with Gasteiger partial charge in [0.05, 0.1) is 5.75 Å². The Balaban J connectivity index is 2.04. The second-order valence-corrected chi connectivity index (χ2v) is 6.40. The summed E-state index contributed by atoms with van der Waals surface area (Å²) in [5, 5.41) is 8.39.